The highest BCUT2D eigenvalue weighted by molar-refractivity contribution is 7.98. The average Bonchev–Trinajstić information content (AvgIpc) is 2.34. The summed E-state index contributed by atoms with van der Waals surface area (Å²) >= 11 is 1.70. The molecule has 0 aliphatic heterocycles. The number of hydrazine groups is 1. The first-order valence-corrected chi connectivity index (χ1v) is 6.45. The standard InChI is InChI=1S/C10H16N4O2S/c1-13(6-7-17-2)9-5-3-4-8(12-11)10(9)14(15)16/h3-5,12H,6-7,11H2,1-2H3. The number of nitrogens with one attached hydrogen (secondary N) is 1. The van der Waals surface area contributed by atoms with Crippen LogP contribution in [-0.4, -0.2) is 30.5 Å². The molecule has 0 fully saturated rings. The van der Waals surface area contributed by atoms with Crippen LogP contribution >= 0.6 is 11.8 Å². The number of nitrogen functional groups attached to an aromatic ring is 1. The minimum atomic E-state index is -0.417. The van der Waals surface area contributed by atoms with E-state index in [0.29, 0.717) is 11.4 Å². The zero-order valence-electron chi connectivity index (χ0n) is 9.84. The van der Waals surface area contributed by atoms with Crippen molar-refractivity contribution < 1.29 is 4.92 Å². The maximum Gasteiger partial charge on any atom is 0.316 e. The Morgan fingerprint density at radius 1 is 1.59 bits per heavy atom. The van der Waals surface area contributed by atoms with Crippen LogP contribution in [0.2, 0.25) is 0 Å². The first kappa shape index (κ1) is 13.6. The van der Waals surface area contributed by atoms with Gasteiger partial charge in [-0.25, -0.2) is 0 Å². The number of nitrogens with zero attached hydrogens (tertiary/aromatic N) is 2. The quantitative estimate of drug-likeness (QED) is 0.457. The Bertz CT molecular complexity index is 400. The maximum atomic E-state index is 11.1. The van der Waals surface area contributed by atoms with E-state index in [0.717, 1.165) is 12.3 Å². The van der Waals surface area contributed by atoms with Crippen LogP contribution in [0.15, 0.2) is 18.2 Å². The van der Waals surface area contributed by atoms with E-state index < -0.39 is 4.92 Å². The zero-order chi connectivity index (χ0) is 12.8. The van der Waals surface area contributed by atoms with Gasteiger partial charge in [-0.3, -0.25) is 16.0 Å². The molecule has 0 heterocycles. The zero-order valence-corrected chi connectivity index (χ0v) is 10.7. The van der Waals surface area contributed by atoms with Gasteiger partial charge in [0.15, 0.2) is 0 Å². The van der Waals surface area contributed by atoms with E-state index in [1.165, 1.54) is 0 Å². The molecule has 0 unspecified atom stereocenters. The third-order valence-corrected chi connectivity index (χ3v) is 2.99. The van der Waals surface area contributed by atoms with Crippen LogP contribution in [0.25, 0.3) is 0 Å². The summed E-state index contributed by atoms with van der Waals surface area (Å²) in [4.78, 5) is 12.5. The molecule has 0 saturated heterocycles. The number of thioether (sulfide) groups is 1. The van der Waals surface area contributed by atoms with Crippen molar-refractivity contribution in [3.63, 3.8) is 0 Å². The Morgan fingerprint density at radius 3 is 2.82 bits per heavy atom. The molecule has 1 aromatic carbocycles. The molecule has 94 valence electrons. The summed E-state index contributed by atoms with van der Waals surface area (Å²) < 4.78 is 0. The molecule has 0 aromatic heterocycles. The van der Waals surface area contributed by atoms with Crippen LogP contribution in [0, 0.1) is 10.1 Å². The second kappa shape index (κ2) is 6.31. The lowest BCUT2D eigenvalue weighted by Crippen LogP contribution is -2.22. The SMILES string of the molecule is CSCCN(C)c1cccc(NN)c1[N+](=O)[O-]. The number of nitro benzene ring substituents is 1. The van der Waals surface area contributed by atoms with Gasteiger partial charge in [0.2, 0.25) is 0 Å². The Balaban J connectivity index is 3.09. The van der Waals surface area contributed by atoms with E-state index in [-0.39, 0.29) is 5.69 Å². The number of nitro groups is 1. The van der Waals surface area contributed by atoms with E-state index in [1.54, 1.807) is 30.0 Å². The highest BCUT2D eigenvalue weighted by Gasteiger charge is 2.21. The van der Waals surface area contributed by atoms with Crippen LogP contribution < -0.4 is 16.2 Å². The van der Waals surface area contributed by atoms with Gasteiger partial charge in [-0.1, -0.05) is 6.07 Å². The largest absolute Gasteiger partial charge is 0.368 e. The lowest BCUT2D eigenvalue weighted by atomic mass is 10.2. The predicted molar refractivity (Wildman–Crippen MR) is 72.6 cm³/mol. The second-order valence-electron chi connectivity index (χ2n) is 3.49. The molecule has 0 saturated carbocycles. The molecule has 0 atom stereocenters. The van der Waals surface area contributed by atoms with Crippen LogP contribution in [0.1, 0.15) is 0 Å². The lowest BCUT2D eigenvalue weighted by molar-refractivity contribution is -0.383. The summed E-state index contributed by atoms with van der Waals surface area (Å²) in [5.41, 5.74) is 3.26. The number of para-hydroxylation sites is 1. The fourth-order valence-electron chi connectivity index (χ4n) is 1.50. The summed E-state index contributed by atoms with van der Waals surface area (Å²) in [6, 6.07) is 5.05. The molecule has 3 N–H and O–H groups in total. The Morgan fingerprint density at radius 2 is 2.29 bits per heavy atom. The molecular formula is C10H16N4O2S. The van der Waals surface area contributed by atoms with Gasteiger partial charge in [0.25, 0.3) is 0 Å². The smallest absolute Gasteiger partial charge is 0.316 e. The Kier molecular flexibility index (Phi) is 5.05. The highest BCUT2D eigenvalue weighted by Crippen LogP contribution is 2.34. The molecule has 0 spiro atoms. The van der Waals surface area contributed by atoms with Crippen molar-refractivity contribution in [2.45, 2.75) is 0 Å². The molecule has 1 rings (SSSR count). The van der Waals surface area contributed by atoms with Crippen molar-refractivity contribution in [3.8, 4) is 0 Å². The third-order valence-electron chi connectivity index (χ3n) is 2.39. The van der Waals surface area contributed by atoms with Gasteiger partial charge >= 0.3 is 5.69 Å². The first-order valence-electron chi connectivity index (χ1n) is 5.06. The van der Waals surface area contributed by atoms with Gasteiger partial charge in [-0.2, -0.15) is 11.8 Å². The number of hydrogen-bond acceptors (Lipinski definition) is 6. The van der Waals surface area contributed by atoms with Gasteiger partial charge in [0.1, 0.15) is 11.4 Å². The summed E-state index contributed by atoms with van der Waals surface area (Å²) in [7, 11) is 1.83. The fraction of sp³-hybridized carbons (Fsp3) is 0.400. The minimum absolute atomic E-state index is 0.0126. The van der Waals surface area contributed by atoms with E-state index >= 15 is 0 Å². The topological polar surface area (TPSA) is 84.4 Å². The monoisotopic (exact) mass is 256 g/mol. The van der Waals surface area contributed by atoms with Crippen LogP contribution in [0.3, 0.4) is 0 Å². The molecule has 0 amide bonds. The highest BCUT2D eigenvalue weighted by atomic mass is 32.2. The van der Waals surface area contributed by atoms with Gasteiger partial charge < -0.3 is 10.3 Å². The Hall–Kier alpha value is -1.47. The van der Waals surface area contributed by atoms with Crippen LogP contribution in [0.4, 0.5) is 17.1 Å². The maximum absolute atomic E-state index is 11.1. The van der Waals surface area contributed by atoms with Crippen molar-refractivity contribution in [1.29, 1.82) is 0 Å². The van der Waals surface area contributed by atoms with Crippen molar-refractivity contribution in [1.82, 2.24) is 0 Å². The van der Waals surface area contributed by atoms with Crippen molar-refractivity contribution in [2.75, 3.05) is 35.9 Å². The lowest BCUT2D eigenvalue weighted by Gasteiger charge is -2.19. The molecule has 0 aliphatic rings. The van der Waals surface area contributed by atoms with Gasteiger partial charge in [-0.15, -0.1) is 0 Å². The van der Waals surface area contributed by atoms with Crippen molar-refractivity contribution in [2.24, 2.45) is 5.84 Å². The molecule has 0 bridgehead atoms. The van der Waals surface area contributed by atoms with Gasteiger partial charge in [0, 0.05) is 19.3 Å². The summed E-state index contributed by atoms with van der Waals surface area (Å²) in [5.74, 6) is 6.19. The van der Waals surface area contributed by atoms with Crippen molar-refractivity contribution >= 4 is 28.8 Å². The van der Waals surface area contributed by atoms with Gasteiger partial charge in [-0.05, 0) is 18.4 Å². The minimum Gasteiger partial charge on any atom is -0.368 e. The molecule has 0 radical (unpaired) electrons. The number of nitrogens with two attached hydrogens (primary N) is 1. The second-order valence-corrected chi connectivity index (χ2v) is 4.47. The van der Waals surface area contributed by atoms with E-state index in [2.05, 4.69) is 5.43 Å². The summed E-state index contributed by atoms with van der Waals surface area (Å²) in [6.45, 7) is 0.746. The average molecular weight is 256 g/mol. The van der Waals surface area contributed by atoms with Crippen LogP contribution in [-0.2, 0) is 0 Å². The molecule has 6 nitrogen and oxygen atoms in total. The van der Waals surface area contributed by atoms with E-state index in [4.69, 9.17) is 5.84 Å². The third kappa shape index (κ3) is 3.24. The first-order chi connectivity index (χ1) is 8.11. The van der Waals surface area contributed by atoms with Crippen molar-refractivity contribution in [3.05, 3.63) is 28.3 Å². The summed E-state index contributed by atoms with van der Waals surface area (Å²) in [5, 5.41) is 11.1. The number of anilines is 2. The molecule has 17 heavy (non-hydrogen) atoms. The van der Waals surface area contributed by atoms with Gasteiger partial charge in [0.05, 0.1) is 4.92 Å². The predicted octanol–water partition coefficient (Wildman–Crippen LogP) is 1.68. The molecule has 1 aromatic rings. The molecular weight excluding hydrogens is 240 g/mol. The number of hydrogen-bond donors (Lipinski definition) is 2. The van der Waals surface area contributed by atoms with Crippen LogP contribution in [0.5, 0.6) is 0 Å². The number of benzene rings is 1. The summed E-state index contributed by atoms with van der Waals surface area (Å²) in [6.07, 6.45) is 2.00. The normalized spacial score (nSPS) is 10.1. The number of rotatable bonds is 6. The van der Waals surface area contributed by atoms with E-state index in [9.17, 15) is 10.1 Å². The molecule has 0 aliphatic carbocycles. The molecule has 7 heteroatoms. The van der Waals surface area contributed by atoms with E-state index in [1.807, 2.05) is 18.2 Å². The Labute approximate surface area is 104 Å². The fourth-order valence-corrected chi connectivity index (χ4v) is 1.95.